The van der Waals surface area contributed by atoms with Crippen molar-refractivity contribution < 1.29 is 4.42 Å². The van der Waals surface area contributed by atoms with Gasteiger partial charge < -0.3 is 9.32 Å². The highest BCUT2D eigenvalue weighted by Gasteiger charge is 2.25. The molecule has 12 aromatic rings. The maximum Gasteiger partial charge on any atom is 0.145 e. The molecule has 0 atom stereocenters. The van der Waals surface area contributed by atoms with Crippen molar-refractivity contribution >= 4 is 92.1 Å². The molecule has 0 saturated heterocycles. The van der Waals surface area contributed by atoms with Crippen molar-refractivity contribution in [3.63, 3.8) is 0 Å². The number of thiophene rings is 1. The Bertz CT molecular complexity index is 3530. The summed E-state index contributed by atoms with van der Waals surface area (Å²) < 4.78 is 9.84. The molecule has 0 spiro atoms. The highest BCUT2D eigenvalue weighted by atomic mass is 32.1. The van der Waals surface area contributed by atoms with Gasteiger partial charge in [0.15, 0.2) is 0 Å². The van der Waals surface area contributed by atoms with Crippen LogP contribution < -0.4 is 4.90 Å². The Morgan fingerprint density at radius 3 is 1.59 bits per heavy atom. The van der Waals surface area contributed by atoms with E-state index in [2.05, 4.69) is 217 Å². The van der Waals surface area contributed by atoms with E-state index in [4.69, 9.17) is 4.42 Å². The molecule has 276 valence electrons. The van der Waals surface area contributed by atoms with Crippen LogP contribution >= 0.6 is 11.3 Å². The Labute approximate surface area is 345 Å². The second-order valence-corrected chi connectivity index (χ2v) is 16.2. The number of benzene rings is 10. The third kappa shape index (κ3) is 5.40. The van der Waals surface area contributed by atoms with Gasteiger partial charge in [-0.1, -0.05) is 170 Å². The molecule has 0 radical (unpaired) electrons. The zero-order valence-corrected chi connectivity index (χ0v) is 32.8. The fourth-order valence-electron chi connectivity index (χ4n) is 9.16. The van der Waals surface area contributed by atoms with Gasteiger partial charge in [0, 0.05) is 53.3 Å². The third-order valence-corrected chi connectivity index (χ3v) is 13.1. The summed E-state index contributed by atoms with van der Waals surface area (Å²) in [7, 11) is 0. The Morgan fingerprint density at radius 2 is 0.881 bits per heavy atom. The van der Waals surface area contributed by atoms with E-state index < -0.39 is 0 Å². The van der Waals surface area contributed by atoms with Crippen LogP contribution in [0.15, 0.2) is 217 Å². The second kappa shape index (κ2) is 13.6. The summed E-state index contributed by atoms with van der Waals surface area (Å²) in [6, 6.07) is 76.7. The normalized spacial score (nSPS) is 11.7. The van der Waals surface area contributed by atoms with E-state index >= 15 is 0 Å². The van der Waals surface area contributed by atoms with Gasteiger partial charge in [-0.05, 0) is 86.4 Å². The van der Waals surface area contributed by atoms with E-state index in [1.807, 2.05) is 11.3 Å². The fraction of sp³-hybridized carbons (Fsp3) is 0. The Kier molecular flexibility index (Phi) is 7.75. The van der Waals surface area contributed by atoms with Crippen molar-refractivity contribution in [3.8, 4) is 33.4 Å². The standard InChI is InChI=1S/C56H35NOS/c1-3-14-36(15-4-1)37-26-30-40(31-27-37)57(41-32-28-38(29-33-41)42-23-13-24-48-45-20-11-12-25-51(45)59-56(42)48)50-35-34-49-53-46-21-9-7-18-43(46)44-19-8-10-22-47(44)54(53)58-55(49)52(50)39-16-5-2-6-17-39/h1-35H. The summed E-state index contributed by atoms with van der Waals surface area (Å²) >= 11 is 1.87. The molecule has 59 heavy (non-hydrogen) atoms. The van der Waals surface area contributed by atoms with E-state index in [1.165, 1.54) is 58.6 Å². The lowest BCUT2D eigenvalue weighted by atomic mass is 9.94. The molecule has 12 rings (SSSR count). The predicted molar refractivity (Wildman–Crippen MR) is 253 cm³/mol. The van der Waals surface area contributed by atoms with Gasteiger partial charge in [0.1, 0.15) is 11.2 Å². The summed E-state index contributed by atoms with van der Waals surface area (Å²) in [5.41, 5.74) is 11.9. The molecule has 0 bridgehead atoms. The van der Waals surface area contributed by atoms with Gasteiger partial charge in [-0.3, -0.25) is 0 Å². The summed E-state index contributed by atoms with van der Waals surface area (Å²) in [5, 5.41) is 9.62. The van der Waals surface area contributed by atoms with Crippen LogP contribution in [0, 0.1) is 0 Å². The number of hydrogen-bond donors (Lipinski definition) is 0. The number of hydrogen-bond acceptors (Lipinski definition) is 3. The van der Waals surface area contributed by atoms with Crippen LogP contribution in [-0.4, -0.2) is 0 Å². The largest absolute Gasteiger partial charge is 0.455 e. The molecule has 0 aliphatic heterocycles. The molecule has 0 amide bonds. The van der Waals surface area contributed by atoms with Crippen LogP contribution in [0.3, 0.4) is 0 Å². The molecule has 0 fully saturated rings. The lowest BCUT2D eigenvalue weighted by molar-refractivity contribution is 0.674. The molecule has 2 aromatic heterocycles. The topological polar surface area (TPSA) is 16.4 Å². The maximum absolute atomic E-state index is 7.22. The maximum atomic E-state index is 7.22. The first-order valence-electron chi connectivity index (χ1n) is 20.1. The first-order valence-corrected chi connectivity index (χ1v) is 20.9. The smallest absolute Gasteiger partial charge is 0.145 e. The first-order chi connectivity index (χ1) is 29.3. The van der Waals surface area contributed by atoms with Crippen molar-refractivity contribution in [3.05, 3.63) is 212 Å². The molecule has 0 saturated carbocycles. The highest BCUT2D eigenvalue weighted by molar-refractivity contribution is 7.26. The van der Waals surface area contributed by atoms with Gasteiger partial charge in [0.05, 0.1) is 5.69 Å². The van der Waals surface area contributed by atoms with Gasteiger partial charge in [-0.2, -0.15) is 0 Å². The van der Waals surface area contributed by atoms with Crippen LogP contribution in [0.5, 0.6) is 0 Å². The van der Waals surface area contributed by atoms with E-state index in [1.54, 1.807) is 0 Å². The third-order valence-electron chi connectivity index (χ3n) is 11.9. The van der Waals surface area contributed by atoms with Gasteiger partial charge in [-0.15, -0.1) is 11.3 Å². The van der Waals surface area contributed by atoms with Gasteiger partial charge in [0.2, 0.25) is 0 Å². The van der Waals surface area contributed by atoms with Crippen LogP contribution in [0.25, 0.3) is 97.0 Å². The van der Waals surface area contributed by atoms with Crippen molar-refractivity contribution in [2.24, 2.45) is 0 Å². The molecule has 0 aliphatic rings. The van der Waals surface area contributed by atoms with E-state index in [0.29, 0.717) is 0 Å². The lowest BCUT2D eigenvalue weighted by Gasteiger charge is -2.28. The molecule has 3 heteroatoms. The zero-order chi connectivity index (χ0) is 38.9. The molecule has 2 heterocycles. The molecule has 0 unspecified atom stereocenters. The van der Waals surface area contributed by atoms with Crippen molar-refractivity contribution in [1.82, 2.24) is 0 Å². The molecule has 2 nitrogen and oxygen atoms in total. The molecule has 0 aliphatic carbocycles. The molecule has 0 N–H and O–H groups in total. The summed E-state index contributed by atoms with van der Waals surface area (Å²) in [6.45, 7) is 0. The number of nitrogens with zero attached hydrogens (tertiary/aromatic N) is 1. The molecule has 10 aromatic carbocycles. The van der Waals surface area contributed by atoms with Crippen LogP contribution in [-0.2, 0) is 0 Å². The van der Waals surface area contributed by atoms with Crippen LogP contribution in [0.2, 0.25) is 0 Å². The fourth-order valence-corrected chi connectivity index (χ4v) is 10.4. The zero-order valence-electron chi connectivity index (χ0n) is 32.0. The SMILES string of the molecule is c1ccc(-c2ccc(N(c3ccc(-c4cccc5c4sc4ccccc45)cc3)c3ccc4c(oc5c6ccccc6c6ccccc6c45)c3-c3ccccc3)cc2)cc1. The van der Waals surface area contributed by atoms with Crippen molar-refractivity contribution in [2.75, 3.05) is 4.90 Å². The number of fused-ring (bicyclic) bond motifs is 11. The lowest BCUT2D eigenvalue weighted by Crippen LogP contribution is -2.11. The quantitative estimate of drug-likeness (QED) is 0.157. The van der Waals surface area contributed by atoms with Crippen LogP contribution in [0.1, 0.15) is 0 Å². The highest BCUT2D eigenvalue weighted by Crippen LogP contribution is 2.50. The monoisotopic (exact) mass is 769 g/mol. The van der Waals surface area contributed by atoms with Gasteiger partial charge in [0.25, 0.3) is 0 Å². The van der Waals surface area contributed by atoms with Crippen molar-refractivity contribution in [2.45, 2.75) is 0 Å². The number of rotatable bonds is 6. The Balaban J connectivity index is 1.10. The Hall–Kier alpha value is -7.46. The predicted octanol–water partition coefficient (Wildman–Crippen LogP) is 16.7. The molecular weight excluding hydrogens is 735 g/mol. The van der Waals surface area contributed by atoms with E-state index in [-0.39, 0.29) is 0 Å². The number of furan rings is 1. The second-order valence-electron chi connectivity index (χ2n) is 15.2. The first kappa shape index (κ1) is 33.7. The minimum absolute atomic E-state index is 0.879. The Morgan fingerprint density at radius 1 is 0.339 bits per heavy atom. The summed E-state index contributed by atoms with van der Waals surface area (Å²) in [4.78, 5) is 2.39. The number of anilines is 3. The minimum Gasteiger partial charge on any atom is -0.455 e. The average Bonchev–Trinajstić information content (AvgIpc) is 3.90. The van der Waals surface area contributed by atoms with Crippen molar-refractivity contribution in [1.29, 1.82) is 0 Å². The van der Waals surface area contributed by atoms with Crippen LogP contribution in [0.4, 0.5) is 17.1 Å². The van der Waals surface area contributed by atoms with Gasteiger partial charge >= 0.3 is 0 Å². The molecular formula is C56H35NOS. The summed E-state index contributed by atoms with van der Waals surface area (Å²) in [5.74, 6) is 0. The average molecular weight is 770 g/mol. The summed E-state index contributed by atoms with van der Waals surface area (Å²) in [6.07, 6.45) is 0. The van der Waals surface area contributed by atoms with E-state index in [0.717, 1.165) is 55.5 Å². The van der Waals surface area contributed by atoms with Gasteiger partial charge in [-0.25, -0.2) is 0 Å². The van der Waals surface area contributed by atoms with E-state index in [9.17, 15) is 0 Å². The minimum atomic E-state index is 0.879.